The van der Waals surface area contributed by atoms with E-state index in [0.29, 0.717) is 0 Å². The number of aryl methyl sites for hydroxylation is 1. The first-order valence-electron chi connectivity index (χ1n) is 4.27. The number of nitrogens with zero attached hydrogens (tertiary/aromatic N) is 1. The lowest BCUT2D eigenvalue weighted by Gasteiger charge is -2.03. The van der Waals surface area contributed by atoms with Crippen molar-refractivity contribution < 1.29 is 0 Å². The van der Waals surface area contributed by atoms with Crippen LogP contribution in [0.3, 0.4) is 0 Å². The van der Waals surface area contributed by atoms with E-state index in [2.05, 4.69) is 45.8 Å². The minimum Gasteiger partial charge on any atom is -0.398 e. The van der Waals surface area contributed by atoms with E-state index in [1.165, 1.54) is 10.9 Å². The Balaban J connectivity index is 2.81. The van der Waals surface area contributed by atoms with Crippen LogP contribution < -0.4 is 5.73 Å². The van der Waals surface area contributed by atoms with E-state index >= 15 is 0 Å². The second-order valence-electron chi connectivity index (χ2n) is 3.00. The third-order valence-corrected chi connectivity index (χ3v) is 3.14. The fourth-order valence-electron chi connectivity index (χ4n) is 1.53. The monoisotopic (exact) mass is 238 g/mol. The van der Waals surface area contributed by atoms with Gasteiger partial charge in [-0.2, -0.15) is 0 Å². The lowest BCUT2D eigenvalue weighted by molar-refractivity contribution is 0.797. The molecule has 3 heteroatoms. The molecule has 2 rings (SSSR count). The Bertz CT molecular complexity index is 445. The molecular formula is C10H11BrN2. The first-order chi connectivity index (χ1) is 6.24. The Morgan fingerprint density at radius 2 is 2.15 bits per heavy atom. The van der Waals surface area contributed by atoms with Crippen LogP contribution >= 0.6 is 15.9 Å². The van der Waals surface area contributed by atoms with Gasteiger partial charge in [0, 0.05) is 33.8 Å². The smallest absolute Gasteiger partial charge is 0.0498 e. The minimum atomic E-state index is 0.793. The van der Waals surface area contributed by atoms with Gasteiger partial charge in [0.15, 0.2) is 0 Å². The number of halogens is 1. The van der Waals surface area contributed by atoms with E-state index in [9.17, 15) is 0 Å². The first-order valence-corrected chi connectivity index (χ1v) is 5.06. The highest BCUT2D eigenvalue weighted by atomic mass is 79.9. The van der Waals surface area contributed by atoms with Crippen molar-refractivity contribution in [1.82, 2.24) is 4.57 Å². The predicted molar refractivity (Wildman–Crippen MR) is 59.7 cm³/mol. The van der Waals surface area contributed by atoms with Gasteiger partial charge in [-0.1, -0.05) is 0 Å². The van der Waals surface area contributed by atoms with E-state index < -0.39 is 0 Å². The Morgan fingerprint density at radius 3 is 2.85 bits per heavy atom. The van der Waals surface area contributed by atoms with Gasteiger partial charge in [0.2, 0.25) is 0 Å². The highest BCUT2D eigenvalue weighted by molar-refractivity contribution is 9.10. The van der Waals surface area contributed by atoms with Crippen LogP contribution in [0.5, 0.6) is 0 Å². The summed E-state index contributed by atoms with van der Waals surface area (Å²) >= 11 is 3.48. The lowest BCUT2D eigenvalue weighted by atomic mass is 10.2. The van der Waals surface area contributed by atoms with Crippen molar-refractivity contribution in [2.75, 3.05) is 5.73 Å². The van der Waals surface area contributed by atoms with E-state index in [4.69, 9.17) is 5.73 Å². The summed E-state index contributed by atoms with van der Waals surface area (Å²) in [6.45, 7) is 3.11. The van der Waals surface area contributed by atoms with Gasteiger partial charge in [-0.25, -0.2) is 0 Å². The van der Waals surface area contributed by atoms with Crippen LogP contribution in [-0.4, -0.2) is 4.57 Å². The number of nitrogens with two attached hydrogens (primary N) is 1. The molecule has 0 aliphatic heterocycles. The molecule has 0 saturated carbocycles. The first kappa shape index (κ1) is 8.63. The summed E-state index contributed by atoms with van der Waals surface area (Å²) in [5.74, 6) is 0. The lowest BCUT2D eigenvalue weighted by Crippen LogP contribution is -1.92. The van der Waals surface area contributed by atoms with Gasteiger partial charge >= 0.3 is 0 Å². The van der Waals surface area contributed by atoms with E-state index in [1.54, 1.807) is 0 Å². The van der Waals surface area contributed by atoms with Gasteiger partial charge < -0.3 is 10.3 Å². The summed E-state index contributed by atoms with van der Waals surface area (Å²) in [4.78, 5) is 0. The SMILES string of the molecule is CCn1ccc2c(Br)c(N)ccc21. The van der Waals surface area contributed by atoms with Crippen molar-refractivity contribution in [2.24, 2.45) is 0 Å². The van der Waals surface area contributed by atoms with Crippen molar-refractivity contribution in [3.05, 3.63) is 28.9 Å². The van der Waals surface area contributed by atoms with E-state index in [0.717, 1.165) is 16.7 Å². The summed E-state index contributed by atoms with van der Waals surface area (Å²) in [7, 11) is 0. The molecule has 68 valence electrons. The second kappa shape index (κ2) is 3.07. The highest BCUT2D eigenvalue weighted by Gasteiger charge is 2.04. The molecule has 0 amide bonds. The molecule has 13 heavy (non-hydrogen) atoms. The molecule has 0 saturated heterocycles. The van der Waals surface area contributed by atoms with Gasteiger partial charge in [0.1, 0.15) is 0 Å². The molecule has 1 aromatic carbocycles. The molecule has 2 N–H and O–H groups in total. The molecule has 0 spiro atoms. The maximum absolute atomic E-state index is 5.78. The van der Waals surface area contributed by atoms with Gasteiger partial charge in [-0.3, -0.25) is 0 Å². The fraction of sp³-hybridized carbons (Fsp3) is 0.200. The second-order valence-corrected chi connectivity index (χ2v) is 3.80. The average molecular weight is 239 g/mol. The quantitative estimate of drug-likeness (QED) is 0.762. The van der Waals surface area contributed by atoms with Gasteiger partial charge in [0.25, 0.3) is 0 Å². The number of nitrogen functional groups attached to an aromatic ring is 1. The zero-order valence-electron chi connectivity index (χ0n) is 7.42. The minimum absolute atomic E-state index is 0.793. The van der Waals surface area contributed by atoms with Crippen LogP contribution in [0, 0.1) is 0 Å². The van der Waals surface area contributed by atoms with Crippen LogP contribution in [0.1, 0.15) is 6.92 Å². The van der Waals surface area contributed by atoms with Gasteiger partial charge in [-0.05, 0) is 41.1 Å². The summed E-state index contributed by atoms with van der Waals surface area (Å²) in [6, 6.07) is 6.07. The van der Waals surface area contributed by atoms with Crippen LogP contribution in [-0.2, 0) is 6.54 Å². The Morgan fingerprint density at radius 1 is 1.38 bits per heavy atom. The van der Waals surface area contributed by atoms with Crippen LogP contribution in [0.2, 0.25) is 0 Å². The number of fused-ring (bicyclic) bond motifs is 1. The molecule has 1 aromatic heterocycles. The maximum atomic E-state index is 5.78. The molecular weight excluding hydrogens is 228 g/mol. The third-order valence-electron chi connectivity index (χ3n) is 2.26. The number of rotatable bonds is 1. The van der Waals surface area contributed by atoms with Crippen LogP contribution in [0.4, 0.5) is 5.69 Å². The van der Waals surface area contributed by atoms with Crippen molar-refractivity contribution in [2.45, 2.75) is 13.5 Å². The van der Waals surface area contributed by atoms with Crippen molar-refractivity contribution in [3.8, 4) is 0 Å². The van der Waals surface area contributed by atoms with Crippen molar-refractivity contribution >= 4 is 32.5 Å². The maximum Gasteiger partial charge on any atom is 0.0498 e. The molecule has 2 nitrogen and oxygen atoms in total. The summed E-state index contributed by atoms with van der Waals surface area (Å²) < 4.78 is 3.19. The zero-order valence-corrected chi connectivity index (χ0v) is 9.01. The molecule has 0 atom stereocenters. The predicted octanol–water partition coefficient (Wildman–Crippen LogP) is 3.01. The molecule has 0 unspecified atom stereocenters. The van der Waals surface area contributed by atoms with Gasteiger partial charge in [-0.15, -0.1) is 0 Å². The third kappa shape index (κ3) is 1.23. The normalized spacial score (nSPS) is 10.9. The van der Waals surface area contributed by atoms with E-state index in [1.807, 2.05) is 6.07 Å². The highest BCUT2D eigenvalue weighted by Crippen LogP contribution is 2.29. The molecule has 0 aliphatic rings. The Kier molecular flexibility index (Phi) is 2.04. The number of benzene rings is 1. The Labute approximate surface area is 85.5 Å². The van der Waals surface area contributed by atoms with Crippen LogP contribution in [0.25, 0.3) is 10.9 Å². The molecule has 0 radical (unpaired) electrons. The summed E-state index contributed by atoms with van der Waals surface area (Å²) in [5.41, 5.74) is 7.80. The van der Waals surface area contributed by atoms with E-state index in [-0.39, 0.29) is 0 Å². The van der Waals surface area contributed by atoms with Crippen LogP contribution in [0.15, 0.2) is 28.9 Å². The fourth-order valence-corrected chi connectivity index (χ4v) is 2.00. The summed E-state index contributed by atoms with van der Waals surface area (Å²) in [5, 5.41) is 1.18. The number of hydrogen-bond acceptors (Lipinski definition) is 1. The van der Waals surface area contributed by atoms with Crippen molar-refractivity contribution in [1.29, 1.82) is 0 Å². The molecule has 2 aromatic rings. The molecule has 1 heterocycles. The van der Waals surface area contributed by atoms with Crippen molar-refractivity contribution in [3.63, 3.8) is 0 Å². The molecule has 0 bridgehead atoms. The zero-order chi connectivity index (χ0) is 9.42. The standard InChI is InChI=1S/C10H11BrN2/c1-2-13-6-5-7-9(13)4-3-8(12)10(7)11/h3-6H,2,12H2,1H3. The number of hydrogen-bond donors (Lipinski definition) is 1. The number of aromatic nitrogens is 1. The largest absolute Gasteiger partial charge is 0.398 e. The molecule has 0 aliphatic carbocycles. The average Bonchev–Trinajstić information content (AvgIpc) is 2.55. The molecule has 0 fully saturated rings. The Hall–Kier alpha value is -0.960. The number of anilines is 1. The summed E-state index contributed by atoms with van der Waals surface area (Å²) in [6.07, 6.45) is 2.08. The topological polar surface area (TPSA) is 30.9 Å². The van der Waals surface area contributed by atoms with Gasteiger partial charge in [0.05, 0.1) is 0 Å².